The first-order valence-electron chi connectivity index (χ1n) is 4.36. The third-order valence-corrected chi connectivity index (χ3v) is 2.69. The predicted octanol–water partition coefficient (Wildman–Crippen LogP) is 3.07. The topological polar surface area (TPSA) is 30.2 Å². The van der Waals surface area contributed by atoms with E-state index in [1.165, 1.54) is 0 Å². The summed E-state index contributed by atoms with van der Waals surface area (Å²) in [5.41, 5.74) is 1.05. The van der Waals surface area contributed by atoms with Crippen LogP contribution in [0.3, 0.4) is 0 Å². The monoisotopic (exact) mass is 206 g/mol. The number of carbonyl (C=O) groups excluding carboxylic acids is 1. The molecule has 0 atom stereocenters. The molecular weight excluding hydrogens is 196 g/mol. The Morgan fingerprint density at radius 2 is 2.29 bits per heavy atom. The molecule has 0 aliphatic rings. The lowest BCUT2D eigenvalue weighted by Crippen LogP contribution is -2.00. The lowest BCUT2D eigenvalue weighted by atomic mass is 10.1. The van der Waals surface area contributed by atoms with Crippen LogP contribution in [-0.4, -0.2) is 5.78 Å². The Kier molecular flexibility index (Phi) is 2.50. The molecule has 0 fully saturated rings. The molecule has 2 rings (SSSR count). The molecular formula is C11H10O2S. The van der Waals surface area contributed by atoms with Crippen LogP contribution in [0, 0.1) is 6.92 Å². The van der Waals surface area contributed by atoms with E-state index < -0.39 is 0 Å². The Morgan fingerprint density at radius 3 is 2.86 bits per heavy atom. The van der Waals surface area contributed by atoms with Gasteiger partial charge in [-0.15, -0.1) is 0 Å². The van der Waals surface area contributed by atoms with Gasteiger partial charge in [-0.05, 0) is 41.4 Å². The highest BCUT2D eigenvalue weighted by Crippen LogP contribution is 2.12. The Morgan fingerprint density at radius 1 is 1.43 bits per heavy atom. The van der Waals surface area contributed by atoms with Gasteiger partial charge in [0.1, 0.15) is 5.76 Å². The van der Waals surface area contributed by atoms with E-state index in [9.17, 15) is 4.79 Å². The molecule has 0 bridgehead atoms. The molecule has 0 spiro atoms. The molecule has 2 aromatic heterocycles. The lowest BCUT2D eigenvalue weighted by Gasteiger charge is -1.93. The first-order valence-corrected chi connectivity index (χ1v) is 5.31. The maximum absolute atomic E-state index is 11.6. The average Bonchev–Trinajstić information content (AvgIpc) is 2.75. The summed E-state index contributed by atoms with van der Waals surface area (Å²) in [5.74, 6) is 1.27. The van der Waals surface area contributed by atoms with Crippen molar-refractivity contribution in [2.24, 2.45) is 0 Å². The molecule has 2 aromatic rings. The Labute approximate surface area is 86.2 Å². The first-order chi connectivity index (χ1) is 6.75. The number of aryl methyl sites for hydroxylation is 1. The molecule has 0 radical (unpaired) electrons. The normalized spacial score (nSPS) is 10.4. The maximum Gasteiger partial charge on any atom is 0.202 e. The largest absolute Gasteiger partial charge is 0.458 e. The molecule has 0 aromatic carbocycles. The zero-order chi connectivity index (χ0) is 9.97. The van der Waals surface area contributed by atoms with Gasteiger partial charge < -0.3 is 4.42 Å². The van der Waals surface area contributed by atoms with Crippen LogP contribution in [0.25, 0.3) is 0 Å². The van der Waals surface area contributed by atoms with Crippen LogP contribution in [-0.2, 0) is 6.42 Å². The summed E-state index contributed by atoms with van der Waals surface area (Å²) in [6.07, 6.45) is 0.427. The second-order valence-electron chi connectivity index (χ2n) is 3.14. The van der Waals surface area contributed by atoms with Gasteiger partial charge in [-0.2, -0.15) is 11.3 Å². The summed E-state index contributed by atoms with van der Waals surface area (Å²) >= 11 is 1.60. The average molecular weight is 206 g/mol. The van der Waals surface area contributed by atoms with Crippen LogP contribution in [0.1, 0.15) is 21.9 Å². The van der Waals surface area contributed by atoms with Crippen molar-refractivity contribution in [3.05, 3.63) is 46.0 Å². The summed E-state index contributed by atoms with van der Waals surface area (Å²) in [7, 11) is 0. The van der Waals surface area contributed by atoms with E-state index in [2.05, 4.69) is 0 Å². The van der Waals surface area contributed by atoms with Crippen LogP contribution >= 0.6 is 11.3 Å². The Bertz CT molecular complexity index is 426. The molecule has 0 amide bonds. The Balaban J connectivity index is 2.10. The highest BCUT2D eigenvalue weighted by molar-refractivity contribution is 7.08. The molecule has 2 heterocycles. The van der Waals surface area contributed by atoms with Gasteiger partial charge >= 0.3 is 0 Å². The van der Waals surface area contributed by atoms with Gasteiger partial charge in [0.15, 0.2) is 5.76 Å². The van der Waals surface area contributed by atoms with Gasteiger partial charge in [-0.3, -0.25) is 4.79 Å². The van der Waals surface area contributed by atoms with Crippen molar-refractivity contribution in [2.45, 2.75) is 13.3 Å². The van der Waals surface area contributed by atoms with Crippen molar-refractivity contribution in [1.82, 2.24) is 0 Å². The zero-order valence-corrected chi connectivity index (χ0v) is 8.64. The lowest BCUT2D eigenvalue weighted by molar-refractivity contribution is 0.0965. The van der Waals surface area contributed by atoms with Crippen molar-refractivity contribution in [3.8, 4) is 0 Å². The molecule has 0 saturated heterocycles. The highest BCUT2D eigenvalue weighted by atomic mass is 32.1. The summed E-state index contributed by atoms with van der Waals surface area (Å²) in [6.45, 7) is 1.83. The van der Waals surface area contributed by atoms with Crippen LogP contribution < -0.4 is 0 Å². The summed E-state index contributed by atoms with van der Waals surface area (Å²) in [4.78, 5) is 11.6. The fourth-order valence-electron chi connectivity index (χ4n) is 1.25. The molecule has 0 unspecified atom stereocenters. The minimum Gasteiger partial charge on any atom is -0.458 e. The van der Waals surface area contributed by atoms with Gasteiger partial charge in [-0.1, -0.05) is 0 Å². The van der Waals surface area contributed by atoms with Crippen molar-refractivity contribution < 1.29 is 9.21 Å². The van der Waals surface area contributed by atoms with Gasteiger partial charge in [0.2, 0.25) is 5.78 Å². The second kappa shape index (κ2) is 3.80. The third kappa shape index (κ3) is 1.93. The minimum absolute atomic E-state index is 0.0384. The number of hydrogen-bond donors (Lipinski definition) is 0. The third-order valence-electron chi connectivity index (χ3n) is 1.96. The fourth-order valence-corrected chi connectivity index (χ4v) is 1.92. The fraction of sp³-hybridized carbons (Fsp3) is 0.182. The van der Waals surface area contributed by atoms with E-state index in [0.717, 1.165) is 11.3 Å². The first kappa shape index (κ1) is 9.21. The van der Waals surface area contributed by atoms with E-state index in [4.69, 9.17) is 4.42 Å². The summed E-state index contributed by atoms with van der Waals surface area (Å²) in [5, 5.41) is 3.95. The van der Waals surface area contributed by atoms with Crippen LogP contribution in [0.15, 0.2) is 33.4 Å². The van der Waals surface area contributed by atoms with Crippen molar-refractivity contribution in [1.29, 1.82) is 0 Å². The number of Topliss-reactive ketones (excluding diaryl/α,β-unsaturated/α-hetero) is 1. The standard InChI is InChI=1S/C11H10O2S/c1-8-2-3-11(13-8)10(12)6-9-4-5-14-7-9/h2-5,7H,6H2,1H3. The number of carbonyl (C=O) groups is 1. The van der Waals surface area contributed by atoms with E-state index in [0.29, 0.717) is 12.2 Å². The van der Waals surface area contributed by atoms with Gasteiger partial charge in [0, 0.05) is 6.42 Å². The van der Waals surface area contributed by atoms with Crippen molar-refractivity contribution in [3.63, 3.8) is 0 Å². The summed E-state index contributed by atoms with van der Waals surface area (Å²) < 4.78 is 5.25. The van der Waals surface area contributed by atoms with Crippen LogP contribution in [0.2, 0.25) is 0 Å². The minimum atomic E-state index is 0.0384. The molecule has 0 aliphatic heterocycles. The molecule has 72 valence electrons. The zero-order valence-electron chi connectivity index (χ0n) is 7.82. The van der Waals surface area contributed by atoms with E-state index in [1.807, 2.05) is 23.8 Å². The highest BCUT2D eigenvalue weighted by Gasteiger charge is 2.10. The van der Waals surface area contributed by atoms with Gasteiger partial charge in [-0.25, -0.2) is 0 Å². The van der Waals surface area contributed by atoms with Gasteiger partial charge in [0.25, 0.3) is 0 Å². The van der Waals surface area contributed by atoms with Crippen molar-refractivity contribution >= 4 is 17.1 Å². The number of rotatable bonds is 3. The van der Waals surface area contributed by atoms with E-state index >= 15 is 0 Å². The molecule has 14 heavy (non-hydrogen) atoms. The smallest absolute Gasteiger partial charge is 0.202 e. The maximum atomic E-state index is 11.6. The van der Waals surface area contributed by atoms with E-state index in [-0.39, 0.29) is 5.78 Å². The molecule has 0 saturated carbocycles. The van der Waals surface area contributed by atoms with Crippen molar-refractivity contribution in [2.75, 3.05) is 0 Å². The van der Waals surface area contributed by atoms with Crippen LogP contribution in [0.4, 0.5) is 0 Å². The number of ketones is 1. The molecule has 0 N–H and O–H groups in total. The van der Waals surface area contributed by atoms with Gasteiger partial charge in [0.05, 0.1) is 0 Å². The predicted molar refractivity (Wildman–Crippen MR) is 55.8 cm³/mol. The molecule has 2 nitrogen and oxygen atoms in total. The number of hydrogen-bond acceptors (Lipinski definition) is 3. The Hall–Kier alpha value is -1.35. The SMILES string of the molecule is Cc1ccc(C(=O)Cc2ccsc2)o1. The second-order valence-corrected chi connectivity index (χ2v) is 3.92. The van der Waals surface area contributed by atoms with Crippen LogP contribution in [0.5, 0.6) is 0 Å². The quantitative estimate of drug-likeness (QED) is 0.722. The molecule has 0 aliphatic carbocycles. The summed E-state index contributed by atoms with van der Waals surface area (Å²) in [6, 6.07) is 5.49. The number of thiophene rings is 1. The number of furan rings is 1. The van der Waals surface area contributed by atoms with E-state index in [1.54, 1.807) is 23.5 Å². The molecule has 3 heteroatoms.